The summed E-state index contributed by atoms with van der Waals surface area (Å²) in [6, 6.07) is 0. The molecule has 96 valence electrons. The second kappa shape index (κ2) is 6.76. The van der Waals surface area contributed by atoms with E-state index in [1.165, 1.54) is 48.9 Å². The van der Waals surface area contributed by atoms with Crippen molar-refractivity contribution in [2.24, 2.45) is 5.92 Å². The third kappa shape index (κ3) is 4.27. The number of likely N-dealkylation sites (tertiary alicyclic amines) is 1. The van der Waals surface area contributed by atoms with E-state index in [0.717, 1.165) is 12.3 Å². The molecule has 2 nitrogen and oxygen atoms in total. The Bertz CT molecular complexity index is 330. The van der Waals surface area contributed by atoms with E-state index >= 15 is 0 Å². The molecule has 1 saturated heterocycles. The average Bonchev–Trinajstić information content (AvgIpc) is 2.75. The molecule has 1 aliphatic heterocycles. The number of nitrogens with zero attached hydrogens (tertiary/aromatic N) is 2. The monoisotopic (exact) mass is 270 g/mol. The zero-order valence-corrected chi connectivity index (χ0v) is 12.4. The summed E-state index contributed by atoms with van der Waals surface area (Å²) < 4.78 is 0. The van der Waals surface area contributed by atoms with Crippen LogP contribution in [0.4, 0.5) is 0 Å². The molecular weight excluding hydrogens is 248 g/mol. The van der Waals surface area contributed by atoms with Crippen molar-refractivity contribution in [3.05, 3.63) is 16.1 Å². The van der Waals surface area contributed by atoms with Crippen molar-refractivity contribution < 1.29 is 0 Å². The number of thioether (sulfide) groups is 1. The van der Waals surface area contributed by atoms with Gasteiger partial charge in [0.25, 0.3) is 0 Å². The number of aryl methyl sites for hydroxylation is 1. The maximum Gasteiger partial charge on any atom is 0.0897 e. The Balaban J connectivity index is 1.68. The van der Waals surface area contributed by atoms with Crippen molar-refractivity contribution in [2.75, 3.05) is 31.6 Å². The van der Waals surface area contributed by atoms with Gasteiger partial charge in [-0.05, 0) is 50.8 Å². The second-order valence-corrected chi connectivity index (χ2v) is 6.82. The second-order valence-electron chi connectivity index (χ2n) is 4.85. The molecule has 1 aromatic heterocycles. The maximum absolute atomic E-state index is 4.53. The van der Waals surface area contributed by atoms with Gasteiger partial charge in [-0.3, -0.25) is 0 Å². The predicted octanol–water partition coefficient (Wildman–Crippen LogP) is 3.07. The van der Waals surface area contributed by atoms with E-state index in [4.69, 9.17) is 0 Å². The van der Waals surface area contributed by atoms with Crippen molar-refractivity contribution in [1.29, 1.82) is 0 Å². The molecule has 0 N–H and O–H groups in total. The summed E-state index contributed by atoms with van der Waals surface area (Å²) >= 11 is 3.76. The van der Waals surface area contributed by atoms with Crippen LogP contribution in [-0.4, -0.2) is 41.5 Å². The minimum absolute atomic E-state index is 0.961. The minimum Gasteiger partial charge on any atom is -0.303 e. The highest BCUT2D eigenvalue weighted by Crippen LogP contribution is 2.20. The van der Waals surface area contributed by atoms with Crippen LogP contribution in [-0.2, 0) is 6.42 Å². The van der Waals surface area contributed by atoms with E-state index in [2.05, 4.69) is 28.4 Å². The van der Waals surface area contributed by atoms with Gasteiger partial charge in [-0.25, -0.2) is 4.98 Å². The van der Waals surface area contributed by atoms with E-state index < -0.39 is 0 Å². The van der Waals surface area contributed by atoms with Gasteiger partial charge in [0.1, 0.15) is 0 Å². The van der Waals surface area contributed by atoms with Crippen LogP contribution in [0.15, 0.2) is 5.38 Å². The standard InChI is InChI=1S/C13H22N2S2/c1-11-14-13(10-17-11)5-8-15-6-3-12(4-7-15)9-16-2/h10,12H,3-9H2,1-2H3. The highest BCUT2D eigenvalue weighted by atomic mass is 32.2. The third-order valence-corrected chi connectivity index (χ3v) is 5.09. The molecule has 4 heteroatoms. The summed E-state index contributed by atoms with van der Waals surface area (Å²) in [5, 5.41) is 3.40. The molecule has 0 amide bonds. The van der Waals surface area contributed by atoms with Gasteiger partial charge in [0.2, 0.25) is 0 Å². The molecule has 0 spiro atoms. The van der Waals surface area contributed by atoms with Gasteiger partial charge in [-0.1, -0.05) is 0 Å². The first-order valence-corrected chi connectivity index (χ1v) is 8.67. The Morgan fingerprint density at radius 2 is 2.24 bits per heavy atom. The van der Waals surface area contributed by atoms with Crippen molar-refractivity contribution in [3.63, 3.8) is 0 Å². The van der Waals surface area contributed by atoms with Crippen molar-refractivity contribution >= 4 is 23.1 Å². The van der Waals surface area contributed by atoms with Gasteiger partial charge in [0.15, 0.2) is 0 Å². The van der Waals surface area contributed by atoms with Gasteiger partial charge in [0, 0.05) is 18.3 Å². The number of thiazole rings is 1. The first-order valence-electron chi connectivity index (χ1n) is 6.40. The summed E-state index contributed by atoms with van der Waals surface area (Å²) in [4.78, 5) is 7.13. The predicted molar refractivity (Wildman–Crippen MR) is 78.1 cm³/mol. The quantitative estimate of drug-likeness (QED) is 0.818. The summed E-state index contributed by atoms with van der Waals surface area (Å²) in [6.07, 6.45) is 6.11. The van der Waals surface area contributed by atoms with Crippen LogP contribution in [0.25, 0.3) is 0 Å². The summed E-state index contributed by atoms with van der Waals surface area (Å²) in [5.41, 5.74) is 1.28. The van der Waals surface area contributed by atoms with Crippen LogP contribution in [0, 0.1) is 12.8 Å². The molecule has 0 atom stereocenters. The Morgan fingerprint density at radius 1 is 1.47 bits per heavy atom. The Kier molecular flexibility index (Phi) is 5.32. The van der Waals surface area contributed by atoms with E-state index in [9.17, 15) is 0 Å². The molecule has 2 heterocycles. The maximum atomic E-state index is 4.53. The normalized spacial score (nSPS) is 18.7. The highest BCUT2D eigenvalue weighted by molar-refractivity contribution is 7.98. The van der Waals surface area contributed by atoms with Gasteiger partial charge in [0.05, 0.1) is 10.7 Å². The molecular formula is C13H22N2S2. The molecule has 1 aliphatic rings. The fraction of sp³-hybridized carbons (Fsp3) is 0.769. The molecule has 0 bridgehead atoms. The summed E-state index contributed by atoms with van der Waals surface area (Å²) in [7, 11) is 0. The number of hydrogen-bond donors (Lipinski definition) is 0. The number of hydrogen-bond acceptors (Lipinski definition) is 4. The Hall–Kier alpha value is -0.0600. The smallest absolute Gasteiger partial charge is 0.0897 e. The van der Waals surface area contributed by atoms with E-state index in [-0.39, 0.29) is 0 Å². The number of rotatable bonds is 5. The Morgan fingerprint density at radius 3 is 2.82 bits per heavy atom. The molecule has 1 aromatic rings. The van der Waals surface area contributed by atoms with Gasteiger partial charge in [-0.15, -0.1) is 11.3 Å². The molecule has 17 heavy (non-hydrogen) atoms. The van der Waals surface area contributed by atoms with E-state index in [1.54, 1.807) is 11.3 Å². The first kappa shape index (κ1) is 13.4. The number of aromatic nitrogens is 1. The van der Waals surface area contributed by atoms with Crippen molar-refractivity contribution in [2.45, 2.75) is 26.2 Å². The molecule has 0 saturated carbocycles. The highest BCUT2D eigenvalue weighted by Gasteiger charge is 2.18. The molecule has 0 aliphatic carbocycles. The van der Waals surface area contributed by atoms with Crippen LogP contribution in [0.5, 0.6) is 0 Å². The van der Waals surface area contributed by atoms with Crippen LogP contribution < -0.4 is 0 Å². The fourth-order valence-electron chi connectivity index (χ4n) is 2.41. The van der Waals surface area contributed by atoms with Gasteiger partial charge in [-0.2, -0.15) is 11.8 Å². The van der Waals surface area contributed by atoms with Crippen LogP contribution in [0.1, 0.15) is 23.5 Å². The van der Waals surface area contributed by atoms with Gasteiger partial charge >= 0.3 is 0 Å². The van der Waals surface area contributed by atoms with E-state index in [1.807, 2.05) is 11.8 Å². The zero-order valence-electron chi connectivity index (χ0n) is 10.8. The zero-order chi connectivity index (χ0) is 12.1. The molecule has 2 rings (SSSR count). The van der Waals surface area contributed by atoms with Crippen LogP contribution >= 0.6 is 23.1 Å². The van der Waals surface area contributed by atoms with Gasteiger partial charge < -0.3 is 4.90 Å². The fourth-order valence-corrected chi connectivity index (χ4v) is 3.86. The minimum atomic E-state index is 0.961. The lowest BCUT2D eigenvalue weighted by atomic mass is 9.99. The average molecular weight is 270 g/mol. The first-order chi connectivity index (χ1) is 8.28. The van der Waals surface area contributed by atoms with Crippen molar-refractivity contribution in [1.82, 2.24) is 9.88 Å². The van der Waals surface area contributed by atoms with E-state index in [0.29, 0.717) is 0 Å². The SMILES string of the molecule is CSCC1CCN(CCc2csc(C)n2)CC1. The largest absolute Gasteiger partial charge is 0.303 e. The van der Waals surface area contributed by atoms with Crippen LogP contribution in [0.3, 0.4) is 0 Å². The lowest BCUT2D eigenvalue weighted by Crippen LogP contribution is -2.35. The summed E-state index contributed by atoms with van der Waals surface area (Å²) in [5.74, 6) is 2.31. The third-order valence-electron chi connectivity index (χ3n) is 3.46. The molecule has 1 fully saturated rings. The van der Waals surface area contributed by atoms with Crippen LogP contribution in [0.2, 0.25) is 0 Å². The molecule has 0 radical (unpaired) electrons. The summed E-state index contributed by atoms with van der Waals surface area (Å²) in [6.45, 7) is 5.85. The topological polar surface area (TPSA) is 16.1 Å². The lowest BCUT2D eigenvalue weighted by molar-refractivity contribution is 0.196. The molecule has 0 aromatic carbocycles. The van der Waals surface area contributed by atoms with Crippen molar-refractivity contribution in [3.8, 4) is 0 Å². The number of piperidine rings is 1. The lowest BCUT2D eigenvalue weighted by Gasteiger charge is -2.31. The molecule has 0 unspecified atom stereocenters. The Labute approximate surface area is 113 Å².